The van der Waals surface area contributed by atoms with Gasteiger partial charge < -0.3 is 15.3 Å². The summed E-state index contributed by atoms with van der Waals surface area (Å²) in [7, 11) is 0. The van der Waals surface area contributed by atoms with Gasteiger partial charge in [-0.3, -0.25) is 5.32 Å². The zero-order valence-electron chi connectivity index (χ0n) is 8.94. The average Bonchev–Trinajstić information content (AvgIpc) is 2.10. The first-order valence-electron chi connectivity index (χ1n) is 4.94. The molecule has 4 nitrogen and oxygen atoms in total. The molecular weight excluding hydrogens is 194 g/mol. The minimum atomic E-state index is -0.724. The predicted octanol–water partition coefficient (Wildman–Crippen LogP) is 0.957. The minimum Gasteiger partial charge on any atom is -0.508 e. The van der Waals surface area contributed by atoms with Crippen LogP contribution in [0.2, 0.25) is 0 Å². The molecule has 0 bridgehead atoms. The van der Waals surface area contributed by atoms with Gasteiger partial charge in [0.15, 0.2) is 0 Å². The van der Waals surface area contributed by atoms with E-state index in [4.69, 9.17) is 0 Å². The van der Waals surface area contributed by atoms with Crippen LogP contribution in [0.15, 0.2) is 18.2 Å². The van der Waals surface area contributed by atoms with Crippen molar-refractivity contribution < 1.29 is 15.3 Å². The summed E-state index contributed by atoms with van der Waals surface area (Å²) in [5.41, 5.74) is 0.524. The van der Waals surface area contributed by atoms with Gasteiger partial charge in [0.1, 0.15) is 17.7 Å². The molecule has 1 unspecified atom stereocenters. The third kappa shape index (κ3) is 3.77. The third-order valence-corrected chi connectivity index (χ3v) is 2.00. The molecule has 84 valence electrons. The van der Waals surface area contributed by atoms with E-state index in [1.165, 1.54) is 18.2 Å². The number of aliphatic hydroxyl groups is 1. The molecule has 0 saturated carbocycles. The van der Waals surface area contributed by atoms with Crippen LogP contribution < -0.4 is 5.32 Å². The average molecular weight is 211 g/mol. The Balaban J connectivity index is 2.67. The lowest BCUT2D eigenvalue weighted by molar-refractivity contribution is 0.127. The summed E-state index contributed by atoms with van der Waals surface area (Å²) in [4.78, 5) is 0. The molecule has 0 aromatic heterocycles. The molecule has 0 fully saturated rings. The summed E-state index contributed by atoms with van der Waals surface area (Å²) in [5, 5.41) is 31.2. The van der Waals surface area contributed by atoms with Gasteiger partial charge in [0.2, 0.25) is 0 Å². The Bertz CT molecular complexity index is 326. The molecule has 0 saturated heterocycles. The van der Waals surface area contributed by atoms with Gasteiger partial charge in [0.05, 0.1) is 0 Å². The van der Waals surface area contributed by atoms with Gasteiger partial charge in [-0.05, 0) is 32.0 Å². The normalized spacial score (nSPS) is 13.1. The van der Waals surface area contributed by atoms with Crippen LogP contribution in [-0.2, 0) is 6.42 Å². The quantitative estimate of drug-likeness (QED) is 0.442. The van der Waals surface area contributed by atoms with E-state index in [0.29, 0.717) is 5.56 Å². The Morgan fingerprint density at radius 2 is 1.93 bits per heavy atom. The fourth-order valence-corrected chi connectivity index (χ4v) is 1.39. The van der Waals surface area contributed by atoms with E-state index < -0.39 is 6.23 Å². The van der Waals surface area contributed by atoms with Gasteiger partial charge in [-0.2, -0.15) is 0 Å². The van der Waals surface area contributed by atoms with Crippen molar-refractivity contribution in [3.05, 3.63) is 23.8 Å². The summed E-state index contributed by atoms with van der Waals surface area (Å²) in [6, 6.07) is 4.42. The highest BCUT2D eigenvalue weighted by Crippen LogP contribution is 2.22. The standard InChI is InChI=1S/C11H17NO3/c1-7(2)12-11(15)6-8-5-9(13)3-4-10(8)14/h3-5,7,11-15H,6H2,1-2H3. The number of hydrogen-bond acceptors (Lipinski definition) is 4. The molecule has 0 aliphatic carbocycles. The minimum absolute atomic E-state index is 0.0809. The van der Waals surface area contributed by atoms with Crippen LogP contribution in [0.3, 0.4) is 0 Å². The molecule has 0 spiro atoms. The Morgan fingerprint density at radius 3 is 2.53 bits per heavy atom. The zero-order valence-corrected chi connectivity index (χ0v) is 8.94. The van der Waals surface area contributed by atoms with Crippen molar-refractivity contribution in [2.45, 2.75) is 32.5 Å². The molecule has 1 aromatic carbocycles. The Kier molecular flexibility index (Phi) is 3.94. The number of aliphatic hydroxyl groups excluding tert-OH is 1. The largest absolute Gasteiger partial charge is 0.508 e. The molecule has 15 heavy (non-hydrogen) atoms. The maximum Gasteiger partial charge on any atom is 0.119 e. The number of phenols is 2. The SMILES string of the molecule is CC(C)NC(O)Cc1cc(O)ccc1O. The topological polar surface area (TPSA) is 72.7 Å². The lowest BCUT2D eigenvalue weighted by atomic mass is 10.1. The van der Waals surface area contributed by atoms with Gasteiger partial charge in [-0.15, -0.1) is 0 Å². The fourth-order valence-electron chi connectivity index (χ4n) is 1.39. The van der Waals surface area contributed by atoms with Gasteiger partial charge in [-0.25, -0.2) is 0 Å². The first-order valence-corrected chi connectivity index (χ1v) is 4.94. The highest BCUT2D eigenvalue weighted by Gasteiger charge is 2.10. The molecule has 0 radical (unpaired) electrons. The molecule has 1 aromatic rings. The summed E-state index contributed by atoms with van der Waals surface area (Å²) in [5.74, 6) is 0.164. The van der Waals surface area contributed by atoms with Gasteiger partial charge in [0, 0.05) is 18.0 Å². The van der Waals surface area contributed by atoms with Crippen LogP contribution in [0.4, 0.5) is 0 Å². The summed E-state index contributed by atoms with van der Waals surface area (Å²) in [6.07, 6.45) is -0.462. The van der Waals surface area contributed by atoms with E-state index in [2.05, 4.69) is 5.32 Å². The van der Waals surface area contributed by atoms with Crippen molar-refractivity contribution in [3.8, 4) is 11.5 Å². The van der Waals surface area contributed by atoms with Crippen molar-refractivity contribution in [3.63, 3.8) is 0 Å². The second-order valence-corrected chi connectivity index (χ2v) is 3.85. The zero-order chi connectivity index (χ0) is 11.4. The van der Waals surface area contributed by atoms with Crippen molar-refractivity contribution >= 4 is 0 Å². The number of benzene rings is 1. The maximum atomic E-state index is 9.58. The molecule has 1 atom stereocenters. The Hall–Kier alpha value is -1.26. The van der Waals surface area contributed by atoms with E-state index in [9.17, 15) is 15.3 Å². The summed E-state index contributed by atoms with van der Waals surface area (Å²) >= 11 is 0. The molecule has 4 N–H and O–H groups in total. The van der Waals surface area contributed by atoms with Gasteiger partial charge in [-0.1, -0.05) is 0 Å². The van der Waals surface area contributed by atoms with E-state index in [1.807, 2.05) is 13.8 Å². The first kappa shape index (κ1) is 11.8. The van der Waals surface area contributed by atoms with Crippen LogP contribution in [0.1, 0.15) is 19.4 Å². The molecule has 1 rings (SSSR count). The van der Waals surface area contributed by atoms with Crippen molar-refractivity contribution in [2.24, 2.45) is 0 Å². The van der Waals surface area contributed by atoms with Gasteiger partial charge in [0.25, 0.3) is 0 Å². The number of nitrogens with one attached hydrogen (secondary N) is 1. The summed E-state index contributed by atoms with van der Waals surface area (Å²) in [6.45, 7) is 3.84. The van der Waals surface area contributed by atoms with E-state index in [1.54, 1.807) is 0 Å². The van der Waals surface area contributed by atoms with Crippen LogP contribution in [0.25, 0.3) is 0 Å². The molecule has 0 heterocycles. The van der Waals surface area contributed by atoms with Crippen molar-refractivity contribution in [1.29, 1.82) is 0 Å². The summed E-state index contributed by atoms with van der Waals surface area (Å²) < 4.78 is 0. The molecule has 4 heteroatoms. The smallest absolute Gasteiger partial charge is 0.119 e. The number of rotatable bonds is 4. The maximum absolute atomic E-state index is 9.58. The third-order valence-electron chi connectivity index (χ3n) is 2.00. The number of hydrogen-bond donors (Lipinski definition) is 4. The van der Waals surface area contributed by atoms with Crippen LogP contribution >= 0.6 is 0 Å². The lowest BCUT2D eigenvalue weighted by Gasteiger charge is -2.16. The second-order valence-electron chi connectivity index (χ2n) is 3.85. The number of phenolic OH excluding ortho intramolecular Hbond substituents is 2. The van der Waals surface area contributed by atoms with Crippen molar-refractivity contribution in [1.82, 2.24) is 5.32 Å². The monoisotopic (exact) mass is 211 g/mol. The van der Waals surface area contributed by atoms with Crippen LogP contribution in [0, 0.1) is 0 Å². The predicted molar refractivity (Wildman–Crippen MR) is 57.8 cm³/mol. The molecule has 0 aliphatic heterocycles. The lowest BCUT2D eigenvalue weighted by Crippen LogP contribution is -2.36. The Labute approximate surface area is 89.2 Å². The second kappa shape index (κ2) is 5.00. The number of aromatic hydroxyl groups is 2. The van der Waals surface area contributed by atoms with E-state index >= 15 is 0 Å². The molecule has 0 aliphatic rings. The molecular formula is C11H17NO3. The molecule has 0 amide bonds. The van der Waals surface area contributed by atoms with Gasteiger partial charge >= 0.3 is 0 Å². The van der Waals surface area contributed by atoms with E-state index in [0.717, 1.165) is 0 Å². The fraction of sp³-hybridized carbons (Fsp3) is 0.455. The van der Waals surface area contributed by atoms with Crippen LogP contribution in [0.5, 0.6) is 11.5 Å². The highest BCUT2D eigenvalue weighted by molar-refractivity contribution is 5.38. The Morgan fingerprint density at radius 1 is 1.27 bits per heavy atom. The van der Waals surface area contributed by atoms with Crippen molar-refractivity contribution in [2.75, 3.05) is 0 Å². The highest BCUT2D eigenvalue weighted by atomic mass is 16.3. The van der Waals surface area contributed by atoms with Crippen LogP contribution in [-0.4, -0.2) is 27.6 Å². The van der Waals surface area contributed by atoms with E-state index in [-0.39, 0.29) is 24.0 Å². The first-order chi connectivity index (χ1) is 6.99.